The van der Waals surface area contributed by atoms with Crippen molar-refractivity contribution in [1.29, 1.82) is 0 Å². The summed E-state index contributed by atoms with van der Waals surface area (Å²) in [6.07, 6.45) is 1.16. The van der Waals surface area contributed by atoms with E-state index in [2.05, 4.69) is 5.32 Å². The van der Waals surface area contributed by atoms with E-state index in [0.29, 0.717) is 5.56 Å². The minimum Gasteiger partial charge on any atom is -0.481 e. The Morgan fingerprint density at radius 1 is 1.17 bits per heavy atom. The Balaban J connectivity index is 2.05. The Hall–Kier alpha value is -1.89. The Bertz CT molecular complexity index is 739. The van der Waals surface area contributed by atoms with E-state index in [4.69, 9.17) is 5.11 Å². The van der Waals surface area contributed by atoms with Crippen LogP contribution in [0.2, 0.25) is 0 Å². The van der Waals surface area contributed by atoms with Gasteiger partial charge in [0.15, 0.2) is 9.84 Å². The molecule has 2 N–H and O–H groups in total. The first-order valence-electron chi connectivity index (χ1n) is 7.29. The molecule has 0 unspecified atom stereocenters. The van der Waals surface area contributed by atoms with Gasteiger partial charge in [-0.15, -0.1) is 0 Å². The normalized spacial score (nSPS) is 22.4. The van der Waals surface area contributed by atoms with E-state index >= 15 is 0 Å². The second-order valence-electron chi connectivity index (χ2n) is 6.67. The predicted molar refractivity (Wildman–Crippen MR) is 85.2 cm³/mol. The molecule has 1 amide bonds. The Labute approximate surface area is 135 Å². The average Bonchev–Trinajstić information content (AvgIpc) is 2.99. The van der Waals surface area contributed by atoms with Crippen molar-refractivity contribution in [3.05, 3.63) is 35.4 Å². The van der Waals surface area contributed by atoms with Crippen molar-refractivity contribution >= 4 is 21.7 Å². The summed E-state index contributed by atoms with van der Waals surface area (Å²) in [7, 11) is -3.17. The lowest BCUT2D eigenvalue weighted by molar-refractivity contribution is -0.140. The fraction of sp³-hybridized carbons (Fsp3) is 0.500. The number of carboxylic acid groups (broad SMARTS) is 1. The number of carbonyl (C=O) groups excluding carboxylic acids is 1. The highest BCUT2D eigenvalue weighted by Gasteiger charge is 2.65. The van der Waals surface area contributed by atoms with Crippen molar-refractivity contribution in [2.45, 2.75) is 26.1 Å². The van der Waals surface area contributed by atoms with E-state index in [1.165, 1.54) is 0 Å². The fourth-order valence-corrected chi connectivity index (χ4v) is 3.88. The summed E-state index contributed by atoms with van der Waals surface area (Å²) < 4.78 is 22.9. The van der Waals surface area contributed by atoms with Crippen LogP contribution in [-0.4, -0.2) is 31.7 Å². The summed E-state index contributed by atoms with van der Waals surface area (Å²) in [5.41, 5.74) is 0.805. The maximum atomic E-state index is 12.2. The Kier molecular flexibility index (Phi) is 4.52. The molecule has 1 aliphatic rings. The van der Waals surface area contributed by atoms with E-state index in [0.717, 1.165) is 11.8 Å². The molecule has 1 aliphatic carbocycles. The highest BCUT2D eigenvalue weighted by Crippen LogP contribution is 2.58. The van der Waals surface area contributed by atoms with Gasteiger partial charge in [0.1, 0.15) is 0 Å². The number of rotatable bonds is 6. The van der Waals surface area contributed by atoms with Crippen LogP contribution in [0.25, 0.3) is 0 Å². The van der Waals surface area contributed by atoms with Crippen LogP contribution < -0.4 is 5.32 Å². The van der Waals surface area contributed by atoms with Crippen molar-refractivity contribution in [1.82, 2.24) is 5.32 Å². The first-order valence-corrected chi connectivity index (χ1v) is 9.35. The van der Waals surface area contributed by atoms with Gasteiger partial charge < -0.3 is 10.4 Å². The van der Waals surface area contributed by atoms with Crippen molar-refractivity contribution in [2.75, 3.05) is 6.26 Å². The zero-order valence-corrected chi connectivity index (χ0v) is 14.2. The number of benzene rings is 1. The molecule has 2 atom stereocenters. The quantitative estimate of drug-likeness (QED) is 0.811. The third kappa shape index (κ3) is 3.90. The number of nitrogens with one attached hydrogen (secondary N) is 1. The first kappa shape index (κ1) is 17.5. The molecule has 0 radical (unpaired) electrons. The molecule has 1 aromatic rings. The second-order valence-corrected chi connectivity index (χ2v) is 8.81. The molecule has 1 aromatic carbocycles. The molecule has 0 bridgehead atoms. The maximum absolute atomic E-state index is 12.2. The third-order valence-electron chi connectivity index (χ3n) is 4.37. The van der Waals surface area contributed by atoms with Crippen LogP contribution in [0.5, 0.6) is 0 Å². The molecular formula is C16H21NO5S. The van der Waals surface area contributed by atoms with Crippen LogP contribution in [0.4, 0.5) is 0 Å². The molecular weight excluding hydrogens is 318 g/mol. The van der Waals surface area contributed by atoms with Gasteiger partial charge in [-0.05, 0) is 16.5 Å². The largest absolute Gasteiger partial charge is 0.481 e. The molecule has 0 aromatic heterocycles. The van der Waals surface area contributed by atoms with Crippen LogP contribution in [0.3, 0.4) is 0 Å². The van der Waals surface area contributed by atoms with Crippen molar-refractivity contribution < 1.29 is 23.1 Å². The van der Waals surface area contributed by atoms with Crippen LogP contribution in [0.15, 0.2) is 24.3 Å². The number of hydrogen-bond acceptors (Lipinski definition) is 4. The molecule has 0 saturated heterocycles. The number of sulfone groups is 1. The van der Waals surface area contributed by atoms with E-state index in [1.54, 1.807) is 38.1 Å². The topological polar surface area (TPSA) is 101 Å². The standard InChI is InChI=1S/C16H21NO5S/c1-16(2)12(13(16)15(19)20)14(18)17-8-10-6-4-5-7-11(10)9-23(3,21)22/h4-7,12-13H,8-9H2,1-3H3,(H,17,18)(H,19,20)/t12-,13+/m1/s1. The van der Waals surface area contributed by atoms with Gasteiger partial charge in [-0.3, -0.25) is 9.59 Å². The van der Waals surface area contributed by atoms with Crippen LogP contribution in [-0.2, 0) is 31.7 Å². The van der Waals surface area contributed by atoms with E-state index in [1.807, 2.05) is 0 Å². The van der Waals surface area contributed by atoms with Crippen molar-refractivity contribution in [2.24, 2.45) is 17.3 Å². The molecule has 0 heterocycles. The highest BCUT2D eigenvalue weighted by molar-refractivity contribution is 7.89. The molecule has 0 spiro atoms. The summed E-state index contributed by atoms with van der Waals surface area (Å²) in [6.45, 7) is 3.70. The second kappa shape index (κ2) is 5.96. The molecule has 7 heteroatoms. The van der Waals surface area contributed by atoms with Crippen LogP contribution in [0, 0.1) is 17.3 Å². The van der Waals surface area contributed by atoms with Gasteiger partial charge in [-0.1, -0.05) is 38.1 Å². The van der Waals surface area contributed by atoms with Gasteiger partial charge in [0.2, 0.25) is 5.91 Å². The molecule has 1 fully saturated rings. The zero-order chi connectivity index (χ0) is 17.4. The minimum atomic E-state index is -3.17. The van der Waals surface area contributed by atoms with Crippen molar-refractivity contribution in [3.8, 4) is 0 Å². The zero-order valence-electron chi connectivity index (χ0n) is 13.4. The number of carboxylic acids is 1. The summed E-state index contributed by atoms with van der Waals surface area (Å²) in [5.74, 6) is -2.59. The number of hydrogen-bond donors (Lipinski definition) is 2. The van der Waals surface area contributed by atoms with Gasteiger partial charge in [-0.25, -0.2) is 8.42 Å². The third-order valence-corrected chi connectivity index (χ3v) is 5.20. The lowest BCUT2D eigenvalue weighted by Gasteiger charge is -2.10. The Morgan fingerprint density at radius 3 is 2.22 bits per heavy atom. The maximum Gasteiger partial charge on any atom is 0.307 e. The molecule has 2 rings (SSSR count). The lowest BCUT2D eigenvalue weighted by atomic mass is 10.1. The van der Waals surface area contributed by atoms with Gasteiger partial charge in [0.25, 0.3) is 0 Å². The van der Waals surface area contributed by atoms with Gasteiger partial charge in [0, 0.05) is 12.8 Å². The van der Waals surface area contributed by atoms with E-state index in [9.17, 15) is 18.0 Å². The molecule has 6 nitrogen and oxygen atoms in total. The summed E-state index contributed by atoms with van der Waals surface area (Å²) >= 11 is 0. The lowest BCUT2D eigenvalue weighted by Crippen LogP contribution is -2.27. The number of amides is 1. The Morgan fingerprint density at radius 2 is 1.74 bits per heavy atom. The SMILES string of the molecule is CC1(C)[C@H](C(=O)O)[C@@H]1C(=O)NCc1ccccc1CS(C)(=O)=O. The molecule has 126 valence electrons. The highest BCUT2D eigenvalue weighted by atomic mass is 32.2. The van der Waals surface area contributed by atoms with Crippen LogP contribution in [0.1, 0.15) is 25.0 Å². The monoisotopic (exact) mass is 339 g/mol. The predicted octanol–water partition coefficient (Wildman–Crippen LogP) is 1.20. The molecule has 1 saturated carbocycles. The summed E-state index contributed by atoms with van der Waals surface area (Å²) in [6, 6.07) is 6.99. The average molecular weight is 339 g/mol. The van der Waals surface area contributed by atoms with Crippen molar-refractivity contribution in [3.63, 3.8) is 0 Å². The van der Waals surface area contributed by atoms with E-state index < -0.39 is 33.1 Å². The molecule has 0 aliphatic heterocycles. The van der Waals surface area contributed by atoms with Gasteiger partial charge in [0.05, 0.1) is 17.6 Å². The first-order chi connectivity index (χ1) is 10.5. The van der Waals surface area contributed by atoms with Gasteiger partial charge >= 0.3 is 5.97 Å². The summed E-state index contributed by atoms with van der Waals surface area (Å²) in [5, 5.41) is 11.8. The van der Waals surface area contributed by atoms with Crippen LogP contribution >= 0.6 is 0 Å². The summed E-state index contributed by atoms with van der Waals surface area (Å²) in [4.78, 5) is 23.3. The fourth-order valence-electron chi connectivity index (χ4n) is 3.03. The van der Waals surface area contributed by atoms with Gasteiger partial charge in [-0.2, -0.15) is 0 Å². The number of aliphatic carboxylic acids is 1. The smallest absolute Gasteiger partial charge is 0.307 e. The molecule has 23 heavy (non-hydrogen) atoms. The van der Waals surface area contributed by atoms with E-state index in [-0.39, 0.29) is 18.2 Å². The number of carbonyl (C=O) groups is 2. The minimum absolute atomic E-state index is 0.0916.